The van der Waals surface area contributed by atoms with E-state index in [-0.39, 0.29) is 0 Å². The average Bonchev–Trinajstić information content (AvgIpc) is 2.53. The van der Waals surface area contributed by atoms with Crippen LogP contribution in [-0.2, 0) is 0 Å². The van der Waals surface area contributed by atoms with E-state index in [9.17, 15) is 0 Å². The van der Waals surface area contributed by atoms with Crippen molar-refractivity contribution in [1.82, 2.24) is 4.90 Å². The molecule has 2 heterocycles. The summed E-state index contributed by atoms with van der Waals surface area (Å²) in [6.45, 7) is 2.13. The van der Waals surface area contributed by atoms with Gasteiger partial charge in [-0.2, -0.15) is 0 Å². The van der Waals surface area contributed by atoms with E-state index in [2.05, 4.69) is 35.3 Å². The van der Waals surface area contributed by atoms with Gasteiger partial charge >= 0.3 is 0 Å². The van der Waals surface area contributed by atoms with E-state index in [0.717, 1.165) is 6.54 Å². The van der Waals surface area contributed by atoms with Gasteiger partial charge in [-0.05, 0) is 26.4 Å². The van der Waals surface area contributed by atoms with Gasteiger partial charge < -0.3 is 4.90 Å². The SMILES string of the molecule is CN1CCC[C@H]1C1C=CCN=C1. The lowest BCUT2D eigenvalue weighted by Crippen LogP contribution is -2.33. The molecule has 0 aromatic heterocycles. The van der Waals surface area contributed by atoms with Crippen LogP contribution >= 0.6 is 0 Å². The van der Waals surface area contributed by atoms with Gasteiger partial charge in [0.2, 0.25) is 0 Å². The lowest BCUT2D eigenvalue weighted by molar-refractivity contribution is 0.289. The summed E-state index contributed by atoms with van der Waals surface area (Å²) in [4.78, 5) is 6.75. The molecule has 0 spiro atoms. The first-order valence-corrected chi connectivity index (χ1v) is 4.75. The third-order valence-corrected chi connectivity index (χ3v) is 2.87. The van der Waals surface area contributed by atoms with E-state index in [4.69, 9.17) is 0 Å². The van der Waals surface area contributed by atoms with Crippen molar-refractivity contribution in [3.05, 3.63) is 12.2 Å². The number of rotatable bonds is 1. The fourth-order valence-corrected chi connectivity index (χ4v) is 2.16. The molecule has 2 atom stereocenters. The molecule has 0 aliphatic carbocycles. The van der Waals surface area contributed by atoms with Crippen LogP contribution in [0.25, 0.3) is 0 Å². The van der Waals surface area contributed by atoms with Crippen molar-refractivity contribution in [1.29, 1.82) is 0 Å². The molecule has 2 aliphatic heterocycles. The molecule has 0 amide bonds. The van der Waals surface area contributed by atoms with Crippen LogP contribution in [0.5, 0.6) is 0 Å². The first kappa shape index (κ1) is 7.99. The van der Waals surface area contributed by atoms with Crippen molar-refractivity contribution in [3.8, 4) is 0 Å². The lowest BCUT2D eigenvalue weighted by atomic mass is 9.97. The van der Waals surface area contributed by atoms with Crippen LogP contribution in [0.2, 0.25) is 0 Å². The third-order valence-electron chi connectivity index (χ3n) is 2.87. The molecule has 0 N–H and O–H groups in total. The molecule has 0 aromatic carbocycles. The number of hydrogen-bond acceptors (Lipinski definition) is 2. The van der Waals surface area contributed by atoms with Crippen LogP contribution in [-0.4, -0.2) is 37.3 Å². The smallest absolute Gasteiger partial charge is 0.0566 e. The molecule has 1 fully saturated rings. The molecule has 0 aromatic rings. The van der Waals surface area contributed by atoms with Gasteiger partial charge in [-0.3, -0.25) is 4.99 Å². The van der Waals surface area contributed by atoms with Crippen LogP contribution < -0.4 is 0 Å². The molecule has 12 heavy (non-hydrogen) atoms. The Hall–Kier alpha value is -0.630. The number of aliphatic imine (C=N–C) groups is 1. The summed E-state index contributed by atoms with van der Waals surface area (Å²) in [5, 5.41) is 0. The Labute approximate surface area is 74.0 Å². The van der Waals surface area contributed by atoms with Crippen molar-refractivity contribution < 1.29 is 0 Å². The Kier molecular flexibility index (Phi) is 2.26. The molecule has 0 bridgehead atoms. The van der Waals surface area contributed by atoms with E-state index in [0.29, 0.717) is 12.0 Å². The minimum absolute atomic E-state index is 0.575. The van der Waals surface area contributed by atoms with Gasteiger partial charge in [0.1, 0.15) is 0 Å². The maximum absolute atomic E-state index is 4.30. The third kappa shape index (κ3) is 1.44. The summed E-state index contributed by atoms with van der Waals surface area (Å²) in [7, 11) is 2.22. The molecule has 0 saturated carbocycles. The monoisotopic (exact) mass is 164 g/mol. The van der Waals surface area contributed by atoms with Gasteiger partial charge in [0, 0.05) is 18.2 Å². The van der Waals surface area contributed by atoms with E-state index in [1.807, 2.05) is 0 Å². The molecular weight excluding hydrogens is 148 g/mol. The summed E-state index contributed by atoms with van der Waals surface area (Å²) in [6.07, 6.45) is 9.28. The first-order valence-electron chi connectivity index (χ1n) is 4.75. The standard InChI is InChI=1S/C10H16N2/c1-12-7-3-5-10(12)9-4-2-6-11-8-9/h2,4,8-10H,3,5-7H2,1H3/t9?,10-/m0/s1. The summed E-state index contributed by atoms with van der Waals surface area (Å²) in [6, 6.07) is 0.713. The highest BCUT2D eigenvalue weighted by atomic mass is 15.1. The Balaban J connectivity index is 2.02. The maximum Gasteiger partial charge on any atom is 0.0566 e. The molecule has 2 heteroatoms. The number of hydrogen-bond donors (Lipinski definition) is 0. The lowest BCUT2D eigenvalue weighted by Gasteiger charge is -2.25. The van der Waals surface area contributed by atoms with E-state index < -0.39 is 0 Å². The molecule has 1 saturated heterocycles. The Morgan fingerprint density at radius 2 is 2.42 bits per heavy atom. The zero-order valence-electron chi connectivity index (χ0n) is 7.61. The first-order chi connectivity index (χ1) is 5.88. The van der Waals surface area contributed by atoms with Gasteiger partial charge in [0.25, 0.3) is 0 Å². The average molecular weight is 164 g/mol. The number of likely N-dealkylation sites (tertiary alicyclic amines) is 1. The second-order valence-corrected chi connectivity index (χ2v) is 3.71. The maximum atomic E-state index is 4.30. The van der Waals surface area contributed by atoms with E-state index in [1.165, 1.54) is 19.4 Å². The van der Waals surface area contributed by atoms with Crippen LogP contribution in [0.15, 0.2) is 17.1 Å². The van der Waals surface area contributed by atoms with Gasteiger partial charge in [0.05, 0.1) is 6.54 Å². The minimum Gasteiger partial charge on any atom is -0.302 e. The fourth-order valence-electron chi connectivity index (χ4n) is 2.16. The van der Waals surface area contributed by atoms with Gasteiger partial charge in [-0.25, -0.2) is 0 Å². The molecule has 2 rings (SSSR count). The molecule has 1 unspecified atom stereocenters. The highest BCUT2D eigenvalue weighted by Crippen LogP contribution is 2.23. The van der Waals surface area contributed by atoms with Crippen molar-refractivity contribution in [2.24, 2.45) is 10.9 Å². The Morgan fingerprint density at radius 1 is 1.50 bits per heavy atom. The van der Waals surface area contributed by atoms with Crippen molar-refractivity contribution in [2.75, 3.05) is 20.1 Å². The highest BCUT2D eigenvalue weighted by Gasteiger charge is 2.26. The van der Waals surface area contributed by atoms with Crippen molar-refractivity contribution in [3.63, 3.8) is 0 Å². The van der Waals surface area contributed by atoms with Gasteiger partial charge in [-0.15, -0.1) is 0 Å². The largest absolute Gasteiger partial charge is 0.302 e. The van der Waals surface area contributed by atoms with E-state index >= 15 is 0 Å². The topological polar surface area (TPSA) is 15.6 Å². The van der Waals surface area contributed by atoms with Gasteiger partial charge in [-0.1, -0.05) is 12.2 Å². The highest BCUT2D eigenvalue weighted by molar-refractivity contribution is 5.65. The predicted molar refractivity (Wildman–Crippen MR) is 51.6 cm³/mol. The molecule has 0 radical (unpaired) electrons. The van der Waals surface area contributed by atoms with Crippen LogP contribution in [0, 0.1) is 5.92 Å². The molecule has 2 aliphatic rings. The second-order valence-electron chi connectivity index (χ2n) is 3.71. The molecule has 2 nitrogen and oxygen atoms in total. The Morgan fingerprint density at radius 3 is 3.00 bits per heavy atom. The van der Waals surface area contributed by atoms with Crippen LogP contribution in [0.4, 0.5) is 0 Å². The quantitative estimate of drug-likeness (QED) is 0.534. The second kappa shape index (κ2) is 3.40. The zero-order chi connectivity index (χ0) is 8.39. The summed E-state index contributed by atoms with van der Waals surface area (Å²) in [5.74, 6) is 0.575. The Bertz CT molecular complexity index is 196. The van der Waals surface area contributed by atoms with Gasteiger partial charge in [0.15, 0.2) is 0 Å². The van der Waals surface area contributed by atoms with E-state index in [1.54, 1.807) is 0 Å². The number of nitrogens with zero attached hydrogens (tertiary/aromatic N) is 2. The molecular formula is C10H16N2. The predicted octanol–water partition coefficient (Wildman–Crippen LogP) is 1.34. The van der Waals surface area contributed by atoms with Crippen LogP contribution in [0.3, 0.4) is 0 Å². The van der Waals surface area contributed by atoms with Crippen molar-refractivity contribution >= 4 is 6.21 Å². The zero-order valence-corrected chi connectivity index (χ0v) is 7.61. The molecule has 66 valence electrons. The summed E-state index contributed by atoms with van der Waals surface area (Å²) < 4.78 is 0. The van der Waals surface area contributed by atoms with Crippen LogP contribution in [0.1, 0.15) is 12.8 Å². The summed E-state index contributed by atoms with van der Waals surface area (Å²) >= 11 is 0. The minimum atomic E-state index is 0.575. The fraction of sp³-hybridized carbons (Fsp3) is 0.700. The normalized spacial score (nSPS) is 36.1. The van der Waals surface area contributed by atoms with Crippen molar-refractivity contribution in [2.45, 2.75) is 18.9 Å². The number of dihydropyridines is 1. The summed E-state index contributed by atoms with van der Waals surface area (Å²) in [5.41, 5.74) is 0.